The molecular formula is C18H21FN2. The highest BCUT2D eigenvalue weighted by Crippen LogP contribution is 2.21. The van der Waals surface area contributed by atoms with Gasteiger partial charge in [-0.3, -0.25) is 0 Å². The van der Waals surface area contributed by atoms with Crippen LogP contribution in [0.5, 0.6) is 0 Å². The van der Waals surface area contributed by atoms with Gasteiger partial charge in [0.05, 0.1) is 0 Å². The van der Waals surface area contributed by atoms with E-state index >= 15 is 0 Å². The average Bonchev–Trinajstić information content (AvgIpc) is 3.32. The SMILES string of the molecule is CN(Cc1ccccc1F)c1ccc(CNC2CC2)cc1. The first-order valence-corrected chi connectivity index (χ1v) is 7.49. The van der Waals surface area contributed by atoms with E-state index in [0.717, 1.165) is 23.8 Å². The molecule has 0 spiro atoms. The maximum absolute atomic E-state index is 13.7. The second-order valence-electron chi connectivity index (χ2n) is 5.77. The summed E-state index contributed by atoms with van der Waals surface area (Å²) in [5.41, 5.74) is 3.12. The van der Waals surface area contributed by atoms with E-state index in [1.54, 1.807) is 6.07 Å². The fourth-order valence-electron chi connectivity index (χ4n) is 2.39. The molecule has 2 aromatic carbocycles. The number of rotatable bonds is 6. The lowest BCUT2D eigenvalue weighted by atomic mass is 10.1. The van der Waals surface area contributed by atoms with Gasteiger partial charge in [0.2, 0.25) is 0 Å². The minimum atomic E-state index is -0.144. The molecule has 0 bridgehead atoms. The van der Waals surface area contributed by atoms with Crippen molar-refractivity contribution in [3.05, 3.63) is 65.5 Å². The van der Waals surface area contributed by atoms with E-state index in [0.29, 0.717) is 6.54 Å². The van der Waals surface area contributed by atoms with Crippen molar-refractivity contribution in [3.63, 3.8) is 0 Å². The molecule has 0 radical (unpaired) electrons. The summed E-state index contributed by atoms with van der Waals surface area (Å²) in [5.74, 6) is -0.144. The zero-order valence-electron chi connectivity index (χ0n) is 12.3. The van der Waals surface area contributed by atoms with Crippen LogP contribution in [0, 0.1) is 5.82 Å². The van der Waals surface area contributed by atoms with Gasteiger partial charge in [-0.1, -0.05) is 30.3 Å². The molecular weight excluding hydrogens is 263 g/mol. The van der Waals surface area contributed by atoms with Crippen LogP contribution in [0.1, 0.15) is 24.0 Å². The first-order chi connectivity index (χ1) is 10.2. The minimum Gasteiger partial charge on any atom is -0.370 e. The molecule has 0 aliphatic heterocycles. The third-order valence-corrected chi connectivity index (χ3v) is 3.91. The fraction of sp³-hybridized carbons (Fsp3) is 0.333. The predicted molar refractivity (Wildman–Crippen MR) is 84.8 cm³/mol. The Kier molecular flexibility index (Phi) is 4.20. The molecule has 0 atom stereocenters. The average molecular weight is 284 g/mol. The van der Waals surface area contributed by atoms with Gasteiger partial charge in [-0.25, -0.2) is 4.39 Å². The van der Waals surface area contributed by atoms with Crippen molar-refractivity contribution in [2.75, 3.05) is 11.9 Å². The molecule has 21 heavy (non-hydrogen) atoms. The van der Waals surface area contributed by atoms with Gasteiger partial charge >= 0.3 is 0 Å². The number of hydrogen-bond acceptors (Lipinski definition) is 2. The molecule has 1 aliphatic carbocycles. The molecule has 1 fully saturated rings. The summed E-state index contributed by atoms with van der Waals surface area (Å²) in [5, 5.41) is 3.51. The van der Waals surface area contributed by atoms with E-state index in [1.165, 1.54) is 24.5 Å². The van der Waals surface area contributed by atoms with Gasteiger partial charge in [-0.15, -0.1) is 0 Å². The Bertz CT molecular complexity index is 590. The summed E-state index contributed by atoms with van der Waals surface area (Å²) in [6, 6.07) is 16.2. The van der Waals surface area contributed by atoms with Crippen LogP contribution >= 0.6 is 0 Å². The number of nitrogens with one attached hydrogen (secondary N) is 1. The van der Waals surface area contributed by atoms with Crippen molar-refractivity contribution in [2.24, 2.45) is 0 Å². The van der Waals surface area contributed by atoms with Gasteiger partial charge in [0, 0.05) is 37.4 Å². The van der Waals surface area contributed by atoms with Crippen LogP contribution in [0.25, 0.3) is 0 Å². The second kappa shape index (κ2) is 6.27. The van der Waals surface area contributed by atoms with Crippen LogP contribution in [0.4, 0.5) is 10.1 Å². The van der Waals surface area contributed by atoms with Crippen molar-refractivity contribution in [1.29, 1.82) is 0 Å². The molecule has 1 N–H and O–H groups in total. The third-order valence-electron chi connectivity index (χ3n) is 3.91. The minimum absolute atomic E-state index is 0.144. The van der Waals surface area contributed by atoms with Crippen molar-refractivity contribution < 1.29 is 4.39 Å². The normalized spacial score (nSPS) is 14.2. The predicted octanol–water partition coefficient (Wildman–Crippen LogP) is 3.71. The van der Waals surface area contributed by atoms with Gasteiger partial charge in [0.15, 0.2) is 0 Å². The largest absolute Gasteiger partial charge is 0.370 e. The van der Waals surface area contributed by atoms with E-state index in [1.807, 2.05) is 19.2 Å². The van der Waals surface area contributed by atoms with E-state index in [2.05, 4.69) is 34.5 Å². The molecule has 3 heteroatoms. The number of nitrogens with zero attached hydrogens (tertiary/aromatic N) is 1. The van der Waals surface area contributed by atoms with Crippen molar-refractivity contribution in [2.45, 2.75) is 32.0 Å². The van der Waals surface area contributed by atoms with E-state index in [9.17, 15) is 4.39 Å². The zero-order valence-corrected chi connectivity index (χ0v) is 12.3. The summed E-state index contributed by atoms with van der Waals surface area (Å²) in [6.45, 7) is 1.51. The van der Waals surface area contributed by atoms with Crippen LogP contribution in [-0.2, 0) is 13.1 Å². The number of anilines is 1. The molecule has 2 aromatic rings. The molecule has 1 saturated carbocycles. The van der Waals surface area contributed by atoms with Crippen LogP contribution in [-0.4, -0.2) is 13.1 Å². The Morgan fingerprint density at radius 1 is 1.10 bits per heavy atom. The standard InChI is InChI=1S/C18H21FN2/c1-21(13-15-4-2-3-5-18(15)19)17-10-6-14(7-11-17)12-20-16-8-9-16/h2-7,10-11,16,20H,8-9,12-13H2,1H3. The van der Waals surface area contributed by atoms with Crippen LogP contribution in [0.3, 0.4) is 0 Å². The lowest BCUT2D eigenvalue weighted by molar-refractivity contribution is 0.608. The van der Waals surface area contributed by atoms with Crippen LogP contribution in [0.15, 0.2) is 48.5 Å². The third kappa shape index (κ3) is 3.82. The van der Waals surface area contributed by atoms with Crippen molar-refractivity contribution in [1.82, 2.24) is 5.32 Å². The monoisotopic (exact) mass is 284 g/mol. The molecule has 0 unspecified atom stereocenters. The number of hydrogen-bond donors (Lipinski definition) is 1. The first-order valence-electron chi connectivity index (χ1n) is 7.49. The summed E-state index contributed by atoms with van der Waals surface area (Å²) >= 11 is 0. The number of halogens is 1. The molecule has 0 amide bonds. The molecule has 1 aliphatic rings. The molecule has 0 aromatic heterocycles. The highest BCUT2D eigenvalue weighted by atomic mass is 19.1. The fourth-order valence-corrected chi connectivity index (χ4v) is 2.39. The molecule has 3 rings (SSSR count). The maximum atomic E-state index is 13.7. The second-order valence-corrected chi connectivity index (χ2v) is 5.77. The first kappa shape index (κ1) is 14.1. The van der Waals surface area contributed by atoms with Gasteiger partial charge in [-0.05, 0) is 36.6 Å². The quantitative estimate of drug-likeness (QED) is 0.870. The van der Waals surface area contributed by atoms with E-state index < -0.39 is 0 Å². The summed E-state index contributed by atoms with van der Waals surface area (Å²) in [6.07, 6.45) is 2.62. The molecule has 0 saturated heterocycles. The van der Waals surface area contributed by atoms with E-state index in [-0.39, 0.29) is 5.82 Å². The lowest BCUT2D eigenvalue weighted by Gasteiger charge is -2.20. The van der Waals surface area contributed by atoms with Crippen molar-refractivity contribution >= 4 is 5.69 Å². The Morgan fingerprint density at radius 2 is 1.81 bits per heavy atom. The summed E-state index contributed by atoms with van der Waals surface area (Å²) in [7, 11) is 1.99. The lowest BCUT2D eigenvalue weighted by Crippen LogP contribution is -2.18. The van der Waals surface area contributed by atoms with Crippen molar-refractivity contribution in [3.8, 4) is 0 Å². The Labute approximate surface area is 125 Å². The van der Waals surface area contributed by atoms with Gasteiger partial charge in [0.25, 0.3) is 0 Å². The highest BCUT2D eigenvalue weighted by molar-refractivity contribution is 5.47. The van der Waals surface area contributed by atoms with Crippen LogP contribution < -0.4 is 10.2 Å². The molecule has 2 nitrogen and oxygen atoms in total. The summed E-state index contributed by atoms with van der Waals surface area (Å²) < 4.78 is 13.7. The molecule has 110 valence electrons. The van der Waals surface area contributed by atoms with E-state index in [4.69, 9.17) is 0 Å². The highest BCUT2D eigenvalue weighted by Gasteiger charge is 2.19. The Balaban J connectivity index is 1.61. The van der Waals surface area contributed by atoms with Gasteiger partial charge in [-0.2, -0.15) is 0 Å². The Hall–Kier alpha value is -1.87. The summed E-state index contributed by atoms with van der Waals surface area (Å²) in [4.78, 5) is 2.07. The zero-order chi connectivity index (χ0) is 14.7. The molecule has 0 heterocycles. The topological polar surface area (TPSA) is 15.3 Å². The maximum Gasteiger partial charge on any atom is 0.128 e. The smallest absolute Gasteiger partial charge is 0.128 e. The number of benzene rings is 2. The van der Waals surface area contributed by atoms with Gasteiger partial charge in [0.1, 0.15) is 5.82 Å². The van der Waals surface area contributed by atoms with Crippen LogP contribution in [0.2, 0.25) is 0 Å². The van der Waals surface area contributed by atoms with Gasteiger partial charge < -0.3 is 10.2 Å². The Morgan fingerprint density at radius 3 is 2.48 bits per heavy atom.